The van der Waals surface area contributed by atoms with Gasteiger partial charge in [0.2, 0.25) is 5.82 Å². The van der Waals surface area contributed by atoms with Crippen molar-refractivity contribution in [1.29, 1.82) is 0 Å². The Bertz CT molecular complexity index is 886. The lowest BCUT2D eigenvalue weighted by atomic mass is 10.1. The summed E-state index contributed by atoms with van der Waals surface area (Å²) in [6, 6.07) is 5.37. The highest BCUT2D eigenvalue weighted by Crippen LogP contribution is 2.33. The monoisotopic (exact) mass is 354 g/mol. The van der Waals surface area contributed by atoms with Crippen molar-refractivity contribution in [2.24, 2.45) is 5.92 Å². The van der Waals surface area contributed by atoms with E-state index in [2.05, 4.69) is 15.2 Å². The molecule has 0 fully saturated rings. The third kappa shape index (κ3) is 3.07. The molecule has 0 saturated carbocycles. The zero-order valence-electron chi connectivity index (χ0n) is 13.6. The molecule has 0 unspecified atom stereocenters. The summed E-state index contributed by atoms with van der Waals surface area (Å²) in [6.07, 6.45) is -3.85. The summed E-state index contributed by atoms with van der Waals surface area (Å²) in [5.41, 5.74) is 2.00. The van der Waals surface area contributed by atoms with E-state index in [9.17, 15) is 13.2 Å². The maximum Gasteiger partial charge on any atom is 0.452 e. The number of halogens is 3. The van der Waals surface area contributed by atoms with Crippen LogP contribution in [-0.4, -0.2) is 25.3 Å². The molecule has 2 heterocycles. The van der Waals surface area contributed by atoms with Crippen molar-refractivity contribution < 1.29 is 13.2 Å². The molecular formula is C16H17F3N4S. The van der Waals surface area contributed by atoms with Gasteiger partial charge >= 0.3 is 6.18 Å². The fourth-order valence-corrected chi connectivity index (χ4v) is 3.31. The molecule has 4 nitrogen and oxygen atoms in total. The standard InChI is InChI=1S/C16H17F3N4S/c1-4-10-5-6-11-12(7-10)23-13(14(20-11)24-8-9(2)3)21-22-15(23)16(17,18)19/h5-7,9H,4,8H2,1-3H3. The molecule has 3 aromatic rings. The van der Waals surface area contributed by atoms with Crippen LogP contribution in [0, 0.1) is 5.92 Å². The van der Waals surface area contributed by atoms with Gasteiger partial charge in [0, 0.05) is 5.75 Å². The second-order valence-corrected chi connectivity index (χ2v) is 6.99. The molecule has 24 heavy (non-hydrogen) atoms. The molecule has 0 aliphatic carbocycles. The van der Waals surface area contributed by atoms with E-state index >= 15 is 0 Å². The lowest BCUT2D eigenvalue weighted by Crippen LogP contribution is -2.12. The second-order valence-electron chi connectivity index (χ2n) is 5.98. The van der Waals surface area contributed by atoms with Crippen LogP contribution < -0.4 is 0 Å². The molecule has 0 amide bonds. The molecule has 0 atom stereocenters. The van der Waals surface area contributed by atoms with Gasteiger partial charge in [0.1, 0.15) is 5.03 Å². The van der Waals surface area contributed by atoms with Crippen LogP contribution in [0.2, 0.25) is 0 Å². The number of fused-ring (bicyclic) bond motifs is 3. The number of aromatic nitrogens is 4. The fraction of sp³-hybridized carbons (Fsp3) is 0.438. The first-order chi connectivity index (χ1) is 11.3. The van der Waals surface area contributed by atoms with Crippen molar-refractivity contribution in [1.82, 2.24) is 19.6 Å². The van der Waals surface area contributed by atoms with Crippen molar-refractivity contribution in [2.75, 3.05) is 5.75 Å². The summed E-state index contributed by atoms with van der Waals surface area (Å²) >= 11 is 1.40. The fourth-order valence-electron chi connectivity index (χ4n) is 2.40. The largest absolute Gasteiger partial charge is 0.452 e. The maximum absolute atomic E-state index is 13.4. The zero-order valence-corrected chi connectivity index (χ0v) is 14.4. The number of hydrogen-bond acceptors (Lipinski definition) is 4. The van der Waals surface area contributed by atoms with Gasteiger partial charge in [-0.25, -0.2) is 4.98 Å². The van der Waals surface area contributed by atoms with E-state index in [-0.39, 0.29) is 5.65 Å². The molecule has 0 saturated heterocycles. The Labute approximate surface area is 141 Å². The highest BCUT2D eigenvalue weighted by molar-refractivity contribution is 7.99. The number of hydrogen-bond donors (Lipinski definition) is 0. The second kappa shape index (κ2) is 6.23. The maximum atomic E-state index is 13.4. The van der Waals surface area contributed by atoms with Gasteiger partial charge in [-0.1, -0.05) is 26.8 Å². The Morgan fingerprint density at radius 1 is 1.21 bits per heavy atom. The molecule has 0 aliphatic rings. The van der Waals surface area contributed by atoms with E-state index in [1.807, 2.05) is 26.8 Å². The van der Waals surface area contributed by atoms with Crippen LogP contribution in [0.4, 0.5) is 13.2 Å². The van der Waals surface area contributed by atoms with Crippen molar-refractivity contribution in [3.63, 3.8) is 0 Å². The molecule has 3 rings (SSSR count). The Morgan fingerprint density at radius 3 is 2.58 bits per heavy atom. The van der Waals surface area contributed by atoms with Gasteiger partial charge in [0.25, 0.3) is 0 Å². The minimum atomic E-state index is -4.57. The van der Waals surface area contributed by atoms with E-state index in [1.54, 1.807) is 12.1 Å². The van der Waals surface area contributed by atoms with Gasteiger partial charge in [0.05, 0.1) is 11.0 Å². The normalized spacial score (nSPS) is 12.6. The predicted octanol–water partition coefficient (Wildman–Crippen LogP) is 4.61. The van der Waals surface area contributed by atoms with Crippen LogP contribution >= 0.6 is 11.8 Å². The molecule has 0 N–H and O–H groups in total. The first-order valence-electron chi connectivity index (χ1n) is 7.69. The molecule has 0 spiro atoms. The van der Waals surface area contributed by atoms with Crippen LogP contribution in [0.15, 0.2) is 23.2 Å². The SMILES string of the molecule is CCc1ccc2nc(SCC(C)C)c3nnc(C(F)(F)F)n3c2c1. The van der Waals surface area contributed by atoms with E-state index in [0.29, 0.717) is 22.0 Å². The molecule has 0 aliphatic heterocycles. The van der Waals surface area contributed by atoms with Crippen LogP contribution in [0.5, 0.6) is 0 Å². The summed E-state index contributed by atoms with van der Waals surface area (Å²) in [4.78, 5) is 4.52. The molecule has 128 valence electrons. The van der Waals surface area contributed by atoms with Crippen LogP contribution in [0.3, 0.4) is 0 Å². The van der Waals surface area contributed by atoms with Gasteiger partial charge in [-0.3, -0.25) is 4.40 Å². The summed E-state index contributed by atoms with van der Waals surface area (Å²) in [7, 11) is 0. The van der Waals surface area contributed by atoms with Gasteiger partial charge in [-0.15, -0.1) is 22.0 Å². The number of alkyl halides is 3. The number of aryl methyl sites for hydroxylation is 1. The average molecular weight is 354 g/mol. The Hall–Kier alpha value is -1.83. The lowest BCUT2D eigenvalue weighted by Gasteiger charge is -2.11. The van der Waals surface area contributed by atoms with Crippen molar-refractivity contribution in [3.8, 4) is 0 Å². The van der Waals surface area contributed by atoms with Crippen molar-refractivity contribution in [2.45, 2.75) is 38.4 Å². The van der Waals surface area contributed by atoms with E-state index in [0.717, 1.165) is 22.1 Å². The quantitative estimate of drug-likeness (QED) is 0.642. The highest BCUT2D eigenvalue weighted by Gasteiger charge is 2.38. The molecule has 0 radical (unpaired) electrons. The van der Waals surface area contributed by atoms with Crippen LogP contribution in [0.25, 0.3) is 16.7 Å². The lowest BCUT2D eigenvalue weighted by molar-refractivity contribution is -0.145. The van der Waals surface area contributed by atoms with Gasteiger partial charge in [-0.2, -0.15) is 13.2 Å². The Kier molecular flexibility index (Phi) is 4.42. The summed E-state index contributed by atoms with van der Waals surface area (Å²) < 4.78 is 41.2. The minimum absolute atomic E-state index is 0.161. The first kappa shape index (κ1) is 17.0. The summed E-state index contributed by atoms with van der Waals surface area (Å²) in [5.74, 6) is 0.125. The molecule has 2 aromatic heterocycles. The van der Waals surface area contributed by atoms with Gasteiger partial charge in [0.15, 0.2) is 5.65 Å². The first-order valence-corrected chi connectivity index (χ1v) is 8.67. The topological polar surface area (TPSA) is 43.1 Å². The highest BCUT2D eigenvalue weighted by atomic mass is 32.2. The Morgan fingerprint density at radius 2 is 1.96 bits per heavy atom. The zero-order chi connectivity index (χ0) is 17.5. The predicted molar refractivity (Wildman–Crippen MR) is 88.2 cm³/mol. The number of rotatable bonds is 4. The van der Waals surface area contributed by atoms with E-state index in [4.69, 9.17) is 0 Å². The van der Waals surface area contributed by atoms with Crippen molar-refractivity contribution >= 4 is 28.4 Å². The van der Waals surface area contributed by atoms with E-state index in [1.165, 1.54) is 11.8 Å². The Balaban J connectivity index is 2.32. The molecular weight excluding hydrogens is 337 g/mol. The summed E-state index contributed by atoms with van der Waals surface area (Å²) in [5, 5.41) is 7.65. The van der Waals surface area contributed by atoms with Crippen LogP contribution in [0.1, 0.15) is 32.2 Å². The third-order valence-electron chi connectivity index (χ3n) is 3.57. The van der Waals surface area contributed by atoms with Crippen LogP contribution in [-0.2, 0) is 12.6 Å². The van der Waals surface area contributed by atoms with Gasteiger partial charge < -0.3 is 0 Å². The number of nitrogens with zero attached hydrogens (tertiary/aromatic N) is 4. The number of benzene rings is 1. The number of thioether (sulfide) groups is 1. The average Bonchev–Trinajstić information content (AvgIpc) is 2.97. The van der Waals surface area contributed by atoms with Crippen molar-refractivity contribution in [3.05, 3.63) is 29.6 Å². The smallest absolute Gasteiger partial charge is 0.267 e. The molecule has 1 aromatic carbocycles. The van der Waals surface area contributed by atoms with Gasteiger partial charge in [-0.05, 0) is 30.0 Å². The third-order valence-corrected chi connectivity index (χ3v) is 4.95. The molecule has 8 heteroatoms. The minimum Gasteiger partial charge on any atom is -0.267 e. The molecule has 0 bridgehead atoms. The van der Waals surface area contributed by atoms with E-state index < -0.39 is 12.0 Å². The summed E-state index contributed by atoms with van der Waals surface area (Å²) in [6.45, 7) is 6.04.